The maximum atomic E-state index is 12.3. The molecule has 3 aromatic rings. The van der Waals surface area contributed by atoms with Gasteiger partial charge in [-0.2, -0.15) is 0 Å². The summed E-state index contributed by atoms with van der Waals surface area (Å²) in [4.78, 5) is 16.3. The van der Waals surface area contributed by atoms with Crippen LogP contribution in [0, 0.1) is 0 Å². The second-order valence-electron chi connectivity index (χ2n) is 6.03. The predicted octanol–water partition coefficient (Wildman–Crippen LogP) is 4.08. The zero-order valence-electron chi connectivity index (χ0n) is 14.6. The van der Waals surface area contributed by atoms with Gasteiger partial charge in [0.05, 0.1) is 4.90 Å². The van der Waals surface area contributed by atoms with E-state index in [4.69, 9.17) is 0 Å². The Labute approximate surface area is 162 Å². The number of rotatable bonds is 7. The number of hydrogen-bond acceptors (Lipinski definition) is 5. The summed E-state index contributed by atoms with van der Waals surface area (Å²) in [7, 11) is -3.70. The average molecular weight is 402 g/mol. The zero-order chi connectivity index (χ0) is 19.3. The molecule has 27 heavy (non-hydrogen) atoms. The summed E-state index contributed by atoms with van der Waals surface area (Å²) in [6, 6.07) is 15.9. The van der Waals surface area contributed by atoms with Gasteiger partial charge >= 0.3 is 0 Å². The van der Waals surface area contributed by atoms with Crippen LogP contribution in [0.1, 0.15) is 24.8 Å². The Bertz CT molecular complexity index is 986. The molecule has 6 nitrogen and oxygen atoms in total. The van der Waals surface area contributed by atoms with Crippen LogP contribution in [0.5, 0.6) is 0 Å². The van der Waals surface area contributed by atoms with Gasteiger partial charge in [-0.1, -0.05) is 37.3 Å². The second kappa shape index (κ2) is 8.32. The number of nitrogens with zero attached hydrogens (tertiary/aromatic N) is 1. The molecule has 1 amide bonds. The van der Waals surface area contributed by atoms with Crippen molar-refractivity contribution in [1.29, 1.82) is 0 Å². The number of benzene rings is 2. The Balaban J connectivity index is 1.61. The van der Waals surface area contributed by atoms with Crippen molar-refractivity contribution in [1.82, 2.24) is 4.98 Å². The van der Waals surface area contributed by atoms with Crippen molar-refractivity contribution in [2.45, 2.75) is 24.2 Å². The van der Waals surface area contributed by atoms with E-state index in [0.29, 0.717) is 17.2 Å². The maximum Gasteiger partial charge on any atom is 0.263 e. The first-order valence-corrected chi connectivity index (χ1v) is 10.7. The highest BCUT2D eigenvalue weighted by Crippen LogP contribution is 2.21. The first-order chi connectivity index (χ1) is 12.9. The van der Waals surface area contributed by atoms with E-state index in [1.807, 2.05) is 37.3 Å². The van der Waals surface area contributed by atoms with Crippen LogP contribution in [0.4, 0.5) is 10.8 Å². The van der Waals surface area contributed by atoms with Crippen LogP contribution in [0.2, 0.25) is 0 Å². The summed E-state index contributed by atoms with van der Waals surface area (Å²) in [5, 5.41) is 4.80. The molecule has 140 valence electrons. The van der Waals surface area contributed by atoms with Crippen LogP contribution < -0.4 is 10.0 Å². The summed E-state index contributed by atoms with van der Waals surface area (Å²) >= 11 is 1.20. The molecule has 2 N–H and O–H groups in total. The Kier molecular flexibility index (Phi) is 5.88. The molecule has 0 aliphatic heterocycles. The molecule has 0 saturated heterocycles. The molecule has 0 bridgehead atoms. The standard InChI is InChI=1S/C19H19N3O3S2/c1-14(15-5-3-2-4-6-15)13-18(23)21-16-7-9-17(10-8-16)27(24,25)22-19-20-11-12-26-19/h2-12,14H,13H2,1H3,(H,20,22)(H,21,23)/t14-/m1/s1. The van der Waals surface area contributed by atoms with E-state index in [0.717, 1.165) is 5.56 Å². The third kappa shape index (κ3) is 5.15. The lowest BCUT2D eigenvalue weighted by Crippen LogP contribution is -2.15. The third-order valence-corrected chi connectivity index (χ3v) is 6.14. The molecule has 0 unspecified atom stereocenters. The third-order valence-electron chi connectivity index (χ3n) is 3.96. The van der Waals surface area contributed by atoms with Crippen LogP contribution in [0.15, 0.2) is 71.1 Å². The fourth-order valence-electron chi connectivity index (χ4n) is 2.55. The lowest BCUT2D eigenvalue weighted by atomic mass is 9.97. The minimum Gasteiger partial charge on any atom is -0.326 e. The highest BCUT2D eigenvalue weighted by molar-refractivity contribution is 7.93. The van der Waals surface area contributed by atoms with Crippen LogP contribution in [0.3, 0.4) is 0 Å². The minimum absolute atomic E-state index is 0.0911. The summed E-state index contributed by atoms with van der Waals surface area (Å²) in [5.41, 5.74) is 1.65. The summed E-state index contributed by atoms with van der Waals surface area (Å²) < 4.78 is 27.0. The van der Waals surface area contributed by atoms with Crippen molar-refractivity contribution in [2.75, 3.05) is 10.0 Å². The molecule has 0 saturated carbocycles. The van der Waals surface area contributed by atoms with Gasteiger partial charge in [-0.3, -0.25) is 9.52 Å². The average Bonchev–Trinajstić information content (AvgIpc) is 3.15. The van der Waals surface area contributed by atoms with E-state index in [9.17, 15) is 13.2 Å². The number of hydrogen-bond donors (Lipinski definition) is 2. The van der Waals surface area contributed by atoms with Crippen molar-refractivity contribution in [2.24, 2.45) is 0 Å². The normalized spacial score (nSPS) is 12.3. The molecule has 1 heterocycles. The van der Waals surface area contributed by atoms with Gasteiger partial charge < -0.3 is 5.32 Å². The molecule has 3 rings (SSSR count). The molecule has 1 atom stereocenters. The van der Waals surface area contributed by atoms with Crippen LogP contribution in [-0.2, 0) is 14.8 Å². The fraction of sp³-hybridized carbons (Fsp3) is 0.158. The first kappa shape index (κ1) is 19.1. The van der Waals surface area contributed by atoms with E-state index >= 15 is 0 Å². The van der Waals surface area contributed by atoms with Gasteiger partial charge in [0.2, 0.25) is 5.91 Å². The van der Waals surface area contributed by atoms with E-state index in [2.05, 4.69) is 15.0 Å². The number of aromatic nitrogens is 1. The van der Waals surface area contributed by atoms with Crippen molar-refractivity contribution >= 4 is 38.1 Å². The lowest BCUT2D eigenvalue weighted by molar-refractivity contribution is -0.116. The fourth-order valence-corrected chi connectivity index (χ4v) is 4.34. The quantitative estimate of drug-likeness (QED) is 0.624. The Morgan fingerprint density at radius 1 is 1.11 bits per heavy atom. The van der Waals surface area contributed by atoms with Crippen molar-refractivity contribution < 1.29 is 13.2 Å². The molecular weight excluding hydrogens is 382 g/mol. The van der Waals surface area contributed by atoms with Gasteiger partial charge in [0.25, 0.3) is 10.0 Å². The van der Waals surface area contributed by atoms with Crippen LogP contribution >= 0.6 is 11.3 Å². The largest absolute Gasteiger partial charge is 0.326 e. The van der Waals surface area contributed by atoms with E-state index in [1.54, 1.807) is 17.5 Å². The number of nitrogens with one attached hydrogen (secondary N) is 2. The maximum absolute atomic E-state index is 12.3. The van der Waals surface area contributed by atoms with Gasteiger partial charge in [0.1, 0.15) is 0 Å². The molecule has 0 spiro atoms. The molecule has 0 aliphatic rings. The van der Waals surface area contributed by atoms with Gasteiger partial charge in [0.15, 0.2) is 5.13 Å². The number of sulfonamides is 1. The molecule has 0 fully saturated rings. The molecule has 8 heteroatoms. The SMILES string of the molecule is C[C@H](CC(=O)Nc1ccc(S(=O)(=O)Nc2nccs2)cc1)c1ccccc1. The Morgan fingerprint density at radius 2 is 1.81 bits per heavy atom. The summed E-state index contributed by atoms with van der Waals surface area (Å²) in [6.45, 7) is 1.99. The van der Waals surface area contributed by atoms with Crippen LogP contribution in [0.25, 0.3) is 0 Å². The number of anilines is 2. The van der Waals surface area contributed by atoms with E-state index in [-0.39, 0.29) is 16.7 Å². The lowest BCUT2D eigenvalue weighted by Gasteiger charge is -2.12. The number of thiazole rings is 1. The molecule has 2 aromatic carbocycles. The molecule has 1 aromatic heterocycles. The molecule has 0 aliphatic carbocycles. The number of amides is 1. The van der Waals surface area contributed by atoms with Gasteiger partial charge in [-0.25, -0.2) is 13.4 Å². The van der Waals surface area contributed by atoms with Gasteiger partial charge in [-0.05, 0) is 35.7 Å². The van der Waals surface area contributed by atoms with Gasteiger partial charge in [-0.15, -0.1) is 11.3 Å². The van der Waals surface area contributed by atoms with Crippen molar-refractivity contribution in [3.63, 3.8) is 0 Å². The van der Waals surface area contributed by atoms with Gasteiger partial charge in [0, 0.05) is 23.7 Å². The zero-order valence-corrected chi connectivity index (χ0v) is 16.3. The Morgan fingerprint density at radius 3 is 2.44 bits per heavy atom. The monoisotopic (exact) mass is 401 g/mol. The van der Waals surface area contributed by atoms with Crippen molar-refractivity contribution in [3.05, 3.63) is 71.7 Å². The van der Waals surface area contributed by atoms with Crippen molar-refractivity contribution in [3.8, 4) is 0 Å². The Hall–Kier alpha value is -2.71. The highest BCUT2D eigenvalue weighted by Gasteiger charge is 2.16. The predicted molar refractivity (Wildman–Crippen MR) is 107 cm³/mol. The molecule has 0 radical (unpaired) electrons. The highest BCUT2D eigenvalue weighted by atomic mass is 32.2. The minimum atomic E-state index is -3.70. The number of carbonyl (C=O) groups excluding carboxylic acids is 1. The second-order valence-corrected chi connectivity index (χ2v) is 8.61. The smallest absolute Gasteiger partial charge is 0.263 e. The number of carbonyl (C=O) groups is 1. The molecular formula is C19H19N3O3S2. The van der Waals surface area contributed by atoms with E-state index in [1.165, 1.54) is 29.7 Å². The summed E-state index contributed by atoms with van der Waals surface area (Å²) in [6.07, 6.45) is 1.87. The summed E-state index contributed by atoms with van der Waals surface area (Å²) in [5.74, 6) is -0.0313. The van der Waals surface area contributed by atoms with E-state index < -0.39 is 10.0 Å². The topological polar surface area (TPSA) is 88.2 Å². The van der Waals surface area contributed by atoms with Crippen LogP contribution in [-0.4, -0.2) is 19.3 Å². The first-order valence-electron chi connectivity index (χ1n) is 8.31.